The minimum atomic E-state index is 0.744. The summed E-state index contributed by atoms with van der Waals surface area (Å²) in [6, 6.07) is 24.2. The molecule has 3 saturated heterocycles. The molecule has 3 aliphatic heterocycles. The van der Waals surface area contributed by atoms with Crippen LogP contribution in [0, 0.1) is 20.8 Å². The number of aromatic nitrogens is 12. The van der Waals surface area contributed by atoms with Crippen LogP contribution >= 0.6 is 0 Å². The number of morpholine rings is 1. The zero-order valence-electron chi connectivity index (χ0n) is 55.7. The molecule has 12 rings (SSSR count). The van der Waals surface area contributed by atoms with Gasteiger partial charge >= 0.3 is 0 Å². The van der Waals surface area contributed by atoms with E-state index in [9.17, 15) is 0 Å². The van der Waals surface area contributed by atoms with Crippen molar-refractivity contribution in [1.82, 2.24) is 63.4 Å². The van der Waals surface area contributed by atoms with Gasteiger partial charge < -0.3 is 24.8 Å². The van der Waals surface area contributed by atoms with E-state index in [0.29, 0.717) is 0 Å². The van der Waals surface area contributed by atoms with E-state index in [1.165, 1.54) is 19.3 Å². The molecule has 9 aromatic rings. The molecule has 0 amide bonds. The molecule has 0 saturated carbocycles. The van der Waals surface area contributed by atoms with Gasteiger partial charge in [0, 0.05) is 89.1 Å². The van der Waals surface area contributed by atoms with Crippen LogP contribution in [0.3, 0.4) is 0 Å². The van der Waals surface area contributed by atoms with Gasteiger partial charge in [-0.15, -0.1) is 0 Å². The number of imidazole rings is 3. The Balaban J connectivity index is 0.000000554. The Hall–Kier alpha value is -7.37. The summed E-state index contributed by atoms with van der Waals surface area (Å²) < 4.78 is 11.6. The van der Waals surface area contributed by atoms with E-state index in [-0.39, 0.29) is 0 Å². The van der Waals surface area contributed by atoms with Gasteiger partial charge in [0.15, 0.2) is 0 Å². The summed E-state index contributed by atoms with van der Waals surface area (Å²) in [4.78, 5) is 47.4. The molecule has 3 fully saturated rings. The fourth-order valence-corrected chi connectivity index (χ4v) is 9.02. The molecule has 17 heteroatoms. The van der Waals surface area contributed by atoms with Gasteiger partial charge in [-0.3, -0.25) is 13.2 Å². The molecular formula is C67H108N16O. The van der Waals surface area contributed by atoms with Crippen molar-refractivity contribution in [3.63, 3.8) is 0 Å². The van der Waals surface area contributed by atoms with Crippen LogP contribution in [0.15, 0.2) is 110 Å². The monoisotopic (exact) mass is 1150 g/mol. The number of rotatable bonds is 6. The lowest BCUT2D eigenvalue weighted by Gasteiger charge is -2.28. The van der Waals surface area contributed by atoms with Crippen molar-refractivity contribution < 1.29 is 4.74 Å². The van der Waals surface area contributed by atoms with Gasteiger partial charge in [-0.25, -0.2) is 44.9 Å². The molecule has 84 heavy (non-hydrogen) atoms. The quantitative estimate of drug-likeness (QED) is 0.167. The van der Waals surface area contributed by atoms with Gasteiger partial charge in [0.2, 0.25) is 0 Å². The first-order chi connectivity index (χ1) is 41.5. The van der Waals surface area contributed by atoms with E-state index >= 15 is 0 Å². The predicted molar refractivity (Wildman–Crippen MR) is 359 cm³/mol. The van der Waals surface area contributed by atoms with Crippen LogP contribution in [-0.2, 0) is 4.74 Å². The average Bonchev–Trinajstić information content (AvgIpc) is 3.39. The molecule has 0 atom stereocenters. The summed E-state index contributed by atoms with van der Waals surface area (Å²) in [5.74, 6) is 2.95. The number of aryl methyl sites for hydroxylation is 3. The average molecular weight is 1150 g/mol. The SMILES string of the molecule is CC.CC.CC.CC.CC.CC.CC.CC.CC.Cc1nc2ccccn2c1-c1cc(N2CCCCC2)ncn1.Cc1nc2ccccn2c1-c1cc(N2CCNCC2)ncn1.Cc1nc2ccccn2c1-c1cc(N2CCOCC2)ncn1. The lowest BCUT2D eigenvalue weighted by atomic mass is 10.1. The minimum Gasteiger partial charge on any atom is -0.378 e. The third-order valence-corrected chi connectivity index (χ3v) is 12.3. The van der Waals surface area contributed by atoms with Crippen molar-refractivity contribution in [1.29, 1.82) is 0 Å². The lowest BCUT2D eigenvalue weighted by molar-refractivity contribution is 0.122. The highest BCUT2D eigenvalue weighted by molar-refractivity contribution is 5.68. The minimum absolute atomic E-state index is 0.744. The standard InChI is InChI=1S/C17H19N5.C16H18N6.C16H17N5O.9C2H6/c1-13-17(22-10-6-3-7-15(22)20-13)14-11-16(19-12-18-14)21-8-4-2-5-9-21;1-12-16(22-7-3-2-4-14(22)20-12)13-10-15(19-11-18-13)21-8-5-17-6-9-21;1-12-16(21-5-3-2-4-14(21)19-12)13-10-15(18-11-17-13)20-6-8-22-9-7-20;9*1-2/h3,6-7,10-12H,2,4-5,8-9H2,1H3;2-4,7,10-11,17H,5-6,8-9H2,1H3;2-5,10-11H,6-9H2,1H3;9*1-2H3. The maximum Gasteiger partial charge on any atom is 0.137 e. The van der Waals surface area contributed by atoms with E-state index < -0.39 is 0 Å². The molecule has 462 valence electrons. The first kappa shape index (κ1) is 74.6. The van der Waals surface area contributed by atoms with Crippen LogP contribution in [0.1, 0.15) is 161 Å². The zero-order chi connectivity index (χ0) is 62.8. The predicted octanol–water partition coefficient (Wildman–Crippen LogP) is 15.8. The number of piperazine rings is 1. The van der Waals surface area contributed by atoms with E-state index in [1.807, 2.05) is 225 Å². The van der Waals surface area contributed by atoms with E-state index in [1.54, 1.807) is 19.0 Å². The second-order valence-electron chi connectivity index (χ2n) is 16.6. The summed E-state index contributed by atoms with van der Waals surface area (Å²) in [7, 11) is 0. The Bertz CT molecular complexity index is 2750. The van der Waals surface area contributed by atoms with Crippen LogP contribution in [0.4, 0.5) is 17.5 Å². The van der Waals surface area contributed by atoms with Crippen molar-refractivity contribution in [2.75, 3.05) is 80.3 Å². The molecule has 17 nitrogen and oxygen atoms in total. The molecule has 0 spiro atoms. The van der Waals surface area contributed by atoms with Gasteiger partial charge in [0.25, 0.3) is 0 Å². The molecule has 0 aliphatic carbocycles. The number of hydrogen-bond donors (Lipinski definition) is 1. The maximum absolute atomic E-state index is 5.40. The molecule has 3 aliphatic rings. The number of anilines is 3. The van der Waals surface area contributed by atoms with Crippen molar-refractivity contribution in [2.45, 2.75) is 165 Å². The number of fused-ring (bicyclic) bond motifs is 3. The Morgan fingerprint density at radius 1 is 0.357 bits per heavy atom. The summed E-state index contributed by atoms with van der Waals surface area (Å²) in [6.07, 6.45) is 14.8. The number of piperidine rings is 1. The molecular weight excluding hydrogens is 1040 g/mol. The zero-order valence-corrected chi connectivity index (χ0v) is 55.7. The Morgan fingerprint density at radius 3 is 0.976 bits per heavy atom. The second-order valence-corrected chi connectivity index (χ2v) is 16.6. The van der Waals surface area contributed by atoms with Crippen LogP contribution in [0.5, 0.6) is 0 Å². The van der Waals surface area contributed by atoms with Crippen molar-refractivity contribution >= 4 is 34.4 Å². The molecule has 0 bridgehead atoms. The summed E-state index contributed by atoms with van der Waals surface area (Å²) >= 11 is 0. The highest BCUT2D eigenvalue weighted by atomic mass is 16.5. The number of nitrogens with one attached hydrogen (secondary N) is 1. The fourth-order valence-electron chi connectivity index (χ4n) is 9.02. The largest absolute Gasteiger partial charge is 0.378 e. The number of hydrogen-bond acceptors (Lipinski definition) is 14. The normalized spacial score (nSPS) is 12.8. The molecule has 0 aromatic carbocycles. The van der Waals surface area contributed by atoms with Gasteiger partial charge in [-0.1, -0.05) is 143 Å². The van der Waals surface area contributed by atoms with E-state index in [4.69, 9.17) is 4.74 Å². The topological polar surface area (TPSA) is 160 Å². The Kier molecular flexibility index (Phi) is 39.3. The van der Waals surface area contributed by atoms with Gasteiger partial charge in [-0.05, 0) is 76.4 Å². The third kappa shape index (κ3) is 20.8. The van der Waals surface area contributed by atoms with Crippen LogP contribution in [0.25, 0.3) is 51.1 Å². The first-order valence-electron chi connectivity index (χ1n) is 31.8. The van der Waals surface area contributed by atoms with Crippen molar-refractivity contribution in [3.05, 3.63) is 127 Å². The molecule has 0 radical (unpaired) electrons. The van der Waals surface area contributed by atoms with Crippen LogP contribution < -0.4 is 20.0 Å². The van der Waals surface area contributed by atoms with Gasteiger partial charge in [0.1, 0.15) is 53.4 Å². The maximum atomic E-state index is 5.40. The van der Waals surface area contributed by atoms with Gasteiger partial charge in [-0.2, -0.15) is 0 Å². The Morgan fingerprint density at radius 2 is 0.655 bits per heavy atom. The number of pyridine rings is 3. The molecule has 9 aromatic heterocycles. The molecule has 1 N–H and O–H groups in total. The molecule has 0 unspecified atom stereocenters. The second kappa shape index (κ2) is 44.2. The van der Waals surface area contributed by atoms with E-state index in [2.05, 4.69) is 90.2 Å². The molecule has 12 heterocycles. The Labute approximate surface area is 506 Å². The third-order valence-electron chi connectivity index (χ3n) is 12.3. The first-order valence-corrected chi connectivity index (χ1v) is 31.8. The smallest absolute Gasteiger partial charge is 0.137 e. The van der Waals surface area contributed by atoms with Crippen LogP contribution in [0.2, 0.25) is 0 Å². The fraction of sp³-hybridized carbons (Fsp3) is 0.507. The lowest BCUT2D eigenvalue weighted by Crippen LogP contribution is -2.43. The number of nitrogens with zero attached hydrogens (tertiary/aromatic N) is 15. The summed E-state index contributed by atoms with van der Waals surface area (Å²) in [6.45, 7) is 51.4. The van der Waals surface area contributed by atoms with Crippen molar-refractivity contribution in [2.24, 2.45) is 0 Å². The highest BCUT2D eigenvalue weighted by Crippen LogP contribution is 2.29. The van der Waals surface area contributed by atoms with E-state index in [0.717, 1.165) is 151 Å². The van der Waals surface area contributed by atoms with Crippen LogP contribution in [-0.4, -0.2) is 124 Å². The number of ether oxygens (including phenoxy) is 1. The van der Waals surface area contributed by atoms with Gasteiger partial charge in [0.05, 0.1) is 64.5 Å². The summed E-state index contributed by atoms with van der Waals surface area (Å²) in [5, 5.41) is 3.36. The summed E-state index contributed by atoms with van der Waals surface area (Å²) in [5.41, 5.74) is 11.6. The highest BCUT2D eigenvalue weighted by Gasteiger charge is 2.20. The van der Waals surface area contributed by atoms with Crippen molar-refractivity contribution in [3.8, 4) is 34.2 Å².